The number of ether oxygens (including phenoxy) is 1. The summed E-state index contributed by atoms with van der Waals surface area (Å²) in [6, 6.07) is -0.205. The van der Waals surface area contributed by atoms with Crippen molar-refractivity contribution >= 4 is 40.2 Å². The summed E-state index contributed by atoms with van der Waals surface area (Å²) in [7, 11) is 0. The molecule has 132 valence electrons. The molecule has 1 aliphatic heterocycles. The third-order valence-electron chi connectivity index (χ3n) is 3.95. The number of thioether (sulfide) groups is 1. The SMILES string of the molecule is O=C(CSc1nnc(N2CCOCC2)s1)NC(=O)NC1CCCC1. The van der Waals surface area contributed by atoms with E-state index in [1.54, 1.807) is 0 Å². The van der Waals surface area contributed by atoms with Gasteiger partial charge in [-0.25, -0.2) is 4.79 Å². The zero-order valence-electron chi connectivity index (χ0n) is 13.3. The van der Waals surface area contributed by atoms with E-state index in [-0.39, 0.29) is 17.7 Å². The standard InChI is InChI=1S/C14H21N5O3S2/c20-11(16-12(21)15-10-3-1-2-4-10)9-23-14-18-17-13(24-14)19-5-7-22-8-6-19/h10H,1-9H2,(H2,15,16,20,21). The van der Waals surface area contributed by atoms with E-state index in [0.29, 0.717) is 13.2 Å². The van der Waals surface area contributed by atoms with E-state index in [0.717, 1.165) is 48.2 Å². The number of aromatic nitrogens is 2. The summed E-state index contributed by atoms with van der Waals surface area (Å²) in [5.74, 6) is -0.172. The Morgan fingerprint density at radius 1 is 1.25 bits per heavy atom. The van der Waals surface area contributed by atoms with Crippen molar-refractivity contribution in [1.29, 1.82) is 0 Å². The largest absolute Gasteiger partial charge is 0.378 e. The number of hydrogen-bond donors (Lipinski definition) is 2. The number of imide groups is 1. The summed E-state index contributed by atoms with van der Waals surface area (Å²) >= 11 is 2.75. The molecule has 1 aromatic heterocycles. The molecule has 0 bridgehead atoms. The second-order valence-electron chi connectivity index (χ2n) is 5.74. The van der Waals surface area contributed by atoms with Gasteiger partial charge in [-0.1, -0.05) is 35.9 Å². The van der Waals surface area contributed by atoms with Crippen LogP contribution < -0.4 is 15.5 Å². The molecule has 0 aromatic carbocycles. The Hall–Kier alpha value is -1.39. The van der Waals surface area contributed by atoms with Gasteiger partial charge in [-0.05, 0) is 12.8 Å². The molecule has 1 saturated heterocycles. The average Bonchev–Trinajstić information content (AvgIpc) is 3.25. The Kier molecular flexibility index (Phi) is 6.27. The quantitative estimate of drug-likeness (QED) is 0.752. The maximum absolute atomic E-state index is 11.8. The van der Waals surface area contributed by atoms with Gasteiger partial charge in [0, 0.05) is 19.1 Å². The van der Waals surface area contributed by atoms with E-state index < -0.39 is 6.03 Å². The van der Waals surface area contributed by atoms with Crippen molar-refractivity contribution < 1.29 is 14.3 Å². The van der Waals surface area contributed by atoms with Gasteiger partial charge in [0.05, 0.1) is 19.0 Å². The summed E-state index contributed by atoms with van der Waals surface area (Å²) in [6.07, 6.45) is 4.26. The van der Waals surface area contributed by atoms with Gasteiger partial charge >= 0.3 is 6.03 Å². The minimum Gasteiger partial charge on any atom is -0.378 e. The first kappa shape index (κ1) is 17.4. The van der Waals surface area contributed by atoms with Gasteiger partial charge in [0.2, 0.25) is 11.0 Å². The Labute approximate surface area is 148 Å². The van der Waals surface area contributed by atoms with Crippen LogP contribution >= 0.6 is 23.1 Å². The van der Waals surface area contributed by atoms with E-state index >= 15 is 0 Å². The third kappa shape index (κ3) is 5.05. The number of anilines is 1. The molecule has 2 heterocycles. The minimum absolute atomic E-state index is 0.149. The molecule has 1 saturated carbocycles. The maximum Gasteiger partial charge on any atom is 0.321 e. The highest BCUT2D eigenvalue weighted by Gasteiger charge is 2.19. The van der Waals surface area contributed by atoms with E-state index in [1.807, 2.05) is 0 Å². The molecule has 1 aromatic rings. The number of carbonyl (C=O) groups excluding carboxylic acids is 2. The highest BCUT2D eigenvalue weighted by atomic mass is 32.2. The van der Waals surface area contributed by atoms with Crippen LogP contribution in [0.5, 0.6) is 0 Å². The van der Waals surface area contributed by atoms with Gasteiger partial charge in [0.1, 0.15) is 0 Å². The lowest BCUT2D eigenvalue weighted by atomic mass is 10.2. The fraction of sp³-hybridized carbons (Fsp3) is 0.714. The summed E-state index contributed by atoms with van der Waals surface area (Å²) in [5, 5.41) is 14.3. The first-order chi connectivity index (χ1) is 11.7. The lowest BCUT2D eigenvalue weighted by molar-refractivity contribution is -0.117. The highest BCUT2D eigenvalue weighted by molar-refractivity contribution is 8.01. The van der Waals surface area contributed by atoms with Crippen molar-refractivity contribution in [2.24, 2.45) is 0 Å². The summed E-state index contributed by atoms with van der Waals surface area (Å²) in [4.78, 5) is 25.7. The van der Waals surface area contributed by atoms with E-state index in [2.05, 4.69) is 25.7 Å². The molecule has 0 unspecified atom stereocenters. The van der Waals surface area contributed by atoms with Crippen molar-refractivity contribution in [3.8, 4) is 0 Å². The second kappa shape index (κ2) is 8.63. The Bertz CT molecular complexity index is 571. The summed E-state index contributed by atoms with van der Waals surface area (Å²) in [6.45, 7) is 3.00. The number of nitrogens with zero attached hydrogens (tertiary/aromatic N) is 3. The van der Waals surface area contributed by atoms with Gasteiger partial charge in [-0.15, -0.1) is 10.2 Å². The molecule has 2 fully saturated rings. The molecule has 1 aliphatic carbocycles. The molecule has 24 heavy (non-hydrogen) atoms. The van der Waals surface area contributed by atoms with Crippen molar-refractivity contribution in [3.63, 3.8) is 0 Å². The maximum atomic E-state index is 11.8. The molecule has 3 rings (SSSR count). The summed E-state index contributed by atoms with van der Waals surface area (Å²) < 4.78 is 6.03. The number of urea groups is 1. The topological polar surface area (TPSA) is 96.5 Å². The number of hydrogen-bond acceptors (Lipinski definition) is 8. The molecule has 10 heteroatoms. The van der Waals surface area contributed by atoms with Crippen molar-refractivity contribution in [2.45, 2.75) is 36.1 Å². The Morgan fingerprint density at radius 2 is 2.00 bits per heavy atom. The number of amides is 3. The minimum atomic E-state index is -0.404. The molecule has 0 radical (unpaired) electrons. The number of morpholine rings is 1. The van der Waals surface area contributed by atoms with Crippen LogP contribution in [0.4, 0.5) is 9.93 Å². The van der Waals surface area contributed by atoms with E-state index in [9.17, 15) is 9.59 Å². The first-order valence-corrected chi connectivity index (χ1v) is 9.90. The third-order valence-corrected chi connectivity index (χ3v) is 6.06. The lowest BCUT2D eigenvalue weighted by Gasteiger charge is -2.25. The molecule has 0 atom stereocenters. The average molecular weight is 371 g/mol. The fourth-order valence-corrected chi connectivity index (χ4v) is 4.42. The van der Waals surface area contributed by atoms with Crippen LogP contribution in [-0.4, -0.2) is 60.2 Å². The van der Waals surface area contributed by atoms with Crippen LogP contribution in [0.2, 0.25) is 0 Å². The van der Waals surface area contributed by atoms with Gasteiger partial charge < -0.3 is 15.0 Å². The predicted octanol–water partition coefficient (Wildman–Crippen LogP) is 1.24. The second-order valence-corrected chi connectivity index (χ2v) is 7.92. The molecule has 0 spiro atoms. The molecule has 2 aliphatic rings. The van der Waals surface area contributed by atoms with Gasteiger partial charge in [-0.2, -0.15) is 0 Å². The number of rotatable bonds is 5. The molecule has 8 nitrogen and oxygen atoms in total. The van der Waals surface area contributed by atoms with Crippen molar-refractivity contribution in [3.05, 3.63) is 0 Å². The van der Waals surface area contributed by atoms with Crippen LogP contribution in [-0.2, 0) is 9.53 Å². The number of carbonyl (C=O) groups is 2. The first-order valence-electron chi connectivity index (χ1n) is 8.10. The molecular weight excluding hydrogens is 350 g/mol. The zero-order chi connectivity index (χ0) is 16.8. The van der Waals surface area contributed by atoms with Gasteiger partial charge in [0.25, 0.3) is 0 Å². The van der Waals surface area contributed by atoms with Crippen LogP contribution in [0.25, 0.3) is 0 Å². The highest BCUT2D eigenvalue weighted by Crippen LogP contribution is 2.28. The van der Waals surface area contributed by atoms with Gasteiger partial charge in [0.15, 0.2) is 4.34 Å². The lowest BCUT2D eigenvalue weighted by Crippen LogP contribution is -2.44. The smallest absolute Gasteiger partial charge is 0.321 e. The zero-order valence-corrected chi connectivity index (χ0v) is 15.0. The van der Waals surface area contributed by atoms with E-state index in [1.165, 1.54) is 23.1 Å². The Balaban J connectivity index is 1.39. The predicted molar refractivity (Wildman–Crippen MR) is 92.6 cm³/mol. The van der Waals surface area contributed by atoms with Crippen LogP contribution in [0, 0.1) is 0 Å². The number of nitrogens with one attached hydrogen (secondary N) is 2. The van der Waals surface area contributed by atoms with E-state index in [4.69, 9.17) is 4.74 Å². The van der Waals surface area contributed by atoms with Gasteiger partial charge in [-0.3, -0.25) is 10.1 Å². The van der Waals surface area contributed by atoms with Crippen LogP contribution in [0.3, 0.4) is 0 Å². The van der Waals surface area contributed by atoms with Crippen LogP contribution in [0.15, 0.2) is 4.34 Å². The molecular formula is C14H21N5O3S2. The monoisotopic (exact) mass is 371 g/mol. The fourth-order valence-electron chi connectivity index (χ4n) is 2.72. The normalized spacial score (nSPS) is 18.6. The van der Waals surface area contributed by atoms with Crippen molar-refractivity contribution in [2.75, 3.05) is 37.0 Å². The Morgan fingerprint density at radius 3 is 2.75 bits per heavy atom. The summed E-state index contributed by atoms with van der Waals surface area (Å²) in [5.41, 5.74) is 0. The van der Waals surface area contributed by atoms with Crippen molar-refractivity contribution in [1.82, 2.24) is 20.8 Å². The van der Waals surface area contributed by atoms with Crippen LogP contribution in [0.1, 0.15) is 25.7 Å². The molecule has 2 N–H and O–H groups in total. The molecule has 3 amide bonds.